The molecule has 0 aliphatic carbocycles. The van der Waals surface area contributed by atoms with Crippen LogP contribution in [0.25, 0.3) is 0 Å². The molecule has 0 saturated carbocycles. The normalized spacial score (nSPS) is 10.6. The number of phenols is 1. The zero-order valence-corrected chi connectivity index (χ0v) is 13.8. The number of ether oxygens (including phenoxy) is 2. The molecule has 0 aromatic heterocycles. The van der Waals surface area contributed by atoms with E-state index in [9.17, 15) is 9.90 Å². The van der Waals surface area contributed by atoms with Crippen LogP contribution in [0, 0.1) is 0 Å². The summed E-state index contributed by atoms with van der Waals surface area (Å²) in [5.74, 6) is 0.501. The fourth-order valence-electron chi connectivity index (χ4n) is 1.80. The molecule has 0 bridgehead atoms. The minimum Gasteiger partial charge on any atom is -0.504 e. The van der Waals surface area contributed by atoms with Gasteiger partial charge in [-0.3, -0.25) is 4.79 Å². The first kappa shape index (κ1) is 17.6. The number of benzene rings is 2. The molecule has 2 aromatic rings. The van der Waals surface area contributed by atoms with Crippen LogP contribution >= 0.6 is 11.6 Å². The second-order valence-electron chi connectivity index (χ2n) is 4.70. The lowest BCUT2D eigenvalue weighted by atomic mass is 10.2. The number of hydrogen-bond donors (Lipinski definition) is 2. The van der Waals surface area contributed by atoms with Gasteiger partial charge in [0, 0.05) is 5.02 Å². The number of amides is 1. The van der Waals surface area contributed by atoms with Gasteiger partial charge in [0.1, 0.15) is 5.75 Å². The molecule has 0 aliphatic heterocycles. The number of nitrogens with one attached hydrogen (secondary N) is 1. The maximum Gasteiger partial charge on any atom is 0.277 e. The smallest absolute Gasteiger partial charge is 0.277 e. The molecule has 0 fully saturated rings. The fraction of sp³-hybridized carbons (Fsp3) is 0.176. The number of hydrogen-bond acceptors (Lipinski definition) is 5. The van der Waals surface area contributed by atoms with E-state index < -0.39 is 5.91 Å². The minimum absolute atomic E-state index is 0.0490. The molecule has 0 spiro atoms. The predicted molar refractivity (Wildman–Crippen MR) is 92.0 cm³/mol. The van der Waals surface area contributed by atoms with Gasteiger partial charge in [0.25, 0.3) is 5.91 Å². The quantitative estimate of drug-likeness (QED) is 0.595. The van der Waals surface area contributed by atoms with Crippen LogP contribution in [0.1, 0.15) is 12.5 Å². The Balaban J connectivity index is 1.85. The van der Waals surface area contributed by atoms with E-state index in [1.54, 1.807) is 36.4 Å². The molecule has 0 unspecified atom stereocenters. The minimum atomic E-state index is -0.407. The van der Waals surface area contributed by atoms with Crippen molar-refractivity contribution in [2.24, 2.45) is 5.10 Å². The summed E-state index contributed by atoms with van der Waals surface area (Å²) in [7, 11) is 0. The van der Waals surface area contributed by atoms with Crippen molar-refractivity contribution in [3.63, 3.8) is 0 Å². The molecule has 2 rings (SSSR count). The molecule has 0 saturated heterocycles. The predicted octanol–water partition coefficient (Wildman–Crippen LogP) is 2.97. The van der Waals surface area contributed by atoms with Crippen LogP contribution in [0.4, 0.5) is 0 Å². The Morgan fingerprint density at radius 2 is 2.12 bits per heavy atom. The Morgan fingerprint density at radius 3 is 2.88 bits per heavy atom. The highest BCUT2D eigenvalue weighted by atomic mass is 35.5. The molecular weight excluding hydrogens is 332 g/mol. The van der Waals surface area contributed by atoms with Gasteiger partial charge in [-0.2, -0.15) is 5.10 Å². The zero-order valence-electron chi connectivity index (χ0n) is 13.0. The summed E-state index contributed by atoms with van der Waals surface area (Å²) in [6.45, 7) is 2.07. The summed E-state index contributed by atoms with van der Waals surface area (Å²) in [6.07, 6.45) is 1.44. The number of halogens is 1. The Labute approximate surface area is 144 Å². The van der Waals surface area contributed by atoms with Crippen molar-refractivity contribution in [2.75, 3.05) is 13.2 Å². The number of rotatable bonds is 7. The number of hydrazone groups is 1. The van der Waals surface area contributed by atoms with E-state index in [1.807, 2.05) is 6.92 Å². The van der Waals surface area contributed by atoms with Crippen LogP contribution in [0.3, 0.4) is 0 Å². The van der Waals surface area contributed by atoms with Crippen LogP contribution in [-0.2, 0) is 4.79 Å². The third-order valence-corrected chi connectivity index (χ3v) is 3.09. The third-order valence-electron chi connectivity index (χ3n) is 2.85. The summed E-state index contributed by atoms with van der Waals surface area (Å²) < 4.78 is 10.6. The Kier molecular flexibility index (Phi) is 6.45. The van der Waals surface area contributed by atoms with Gasteiger partial charge in [0.05, 0.1) is 12.8 Å². The lowest BCUT2D eigenvalue weighted by molar-refractivity contribution is -0.123. The number of aromatic hydroxyl groups is 1. The van der Waals surface area contributed by atoms with Gasteiger partial charge in [-0.15, -0.1) is 0 Å². The molecule has 6 nitrogen and oxygen atoms in total. The Morgan fingerprint density at radius 1 is 1.29 bits per heavy atom. The molecule has 1 amide bonds. The van der Waals surface area contributed by atoms with Gasteiger partial charge in [-0.1, -0.05) is 17.7 Å². The maximum atomic E-state index is 11.7. The maximum absolute atomic E-state index is 11.7. The van der Waals surface area contributed by atoms with Crippen molar-refractivity contribution >= 4 is 23.7 Å². The highest BCUT2D eigenvalue weighted by molar-refractivity contribution is 6.30. The number of nitrogens with zero attached hydrogens (tertiary/aromatic N) is 1. The summed E-state index contributed by atoms with van der Waals surface area (Å²) in [6, 6.07) is 11.5. The van der Waals surface area contributed by atoms with Crippen molar-refractivity contribution < 1.29 is 19.4 Å². The van der Waals surface area contributed by atoms with Crippen LogP contribution < -0.4 is 14.9 Å². The van der Waals surface area contributed by atoms with Crippen LogP contribution in [0.5, 0.6) is 17.2 Å². The number of carbonyl (C=O) groups is 1. The lowest BCUT2D eigenvalue weighted by Crippen LogP contribution is -2.24. The summed E-state index contributed by atoms with van der Waals surface area (Å²) >= 11 is 5.83. The SMILES string of the molecule is CCOc1cc(/C=N\NC(=O)COc2cccc(Cl)c2)ccc1O. The highest BCUT2D eigenvalue weighted by Crippen LogP contribution is 2.26. The molecule has 0 aliphatic rings. The van der Waals surface area contributed by atoms with Gasteiger partial charge in [-0.05, 0) is 48.9 Å². The van der Waals surface area contributed by atoms with Crippen LogP contribution in [0.2, 0.25) is 5.02 Å². The molecular formula is C17H17ClN2O4. The van der Waals surface area contributed by atoms with E-state index in [2.05, 4.69) is 10.5 Å². The van der Waals surface area contributed by atoms with Crippen molar-refractivity contribution in [3.8, 4) is 17.2 Å². The average Bonchev–Trinajstić information content (AvgIpc) is 2.56. The van der Waals surface area contributed by atoms with E-state index in [4.69, 9.17) is 21.1 Å². The van der Waals surface area contributed by atoms with Crippen molar-refractivity contribution in [1.29, 1.82) is 0 Å². The molecule has 2 N–H and O–H groups in total. The summed E-state index contributed by atoms with van der Waals surface area (Å²) in [5, 5.41) is 14.0. The van der Waals surface area contributed by atoms with E-state index >= 15 is 0 Å². The van der Waals surface area contributed by atoms with Crippen molar-refractivity contribution in [1.82, 2.24) is 5.43 Å². The summed E-state index contributed by atoms with van der Waals surface area (Å²) in [4.78, 5) is 11.7. The Hall–Kier alpha value is -2.73. The van der Waals surface area contributed by atoms with Gasteiger partial charge < -0.3 is 14.6 Å². The molecule has 24 heavy (non-hydrogen) atoms. The lowest BCUT2D eigenvalue weighted by Gasteiger charge is -2.06. The molecule has 2 aromatic carbocycles. The highest BCUT2D eigenvalue weighted by Gasteiger charge is 2.03. The largest absolute Gasteiger partial charge is 0.504 e. The van der Waals surface area contributed by atoms with Crippen LogP contribution in [-0.4, -0.2) is 30.4 Å². The first-order valence-electron chi connectivity index (χ1n) is 7.24. The van der Waals surface area contributed by atoms with Gasteiger partial charge in [0.15, 0.2) is 18.1 Å². The molecule has 0 radical (unpaired) electrons. The first-order valence-corrected chi connectivity index (χ1v) is 7.62. The first-order chi connectivity index (χ1) is 11.6. The van der Waals surface area contributed by atoms with E-state index in [-0.39, 0.29) is 12.4 Å². The second-order valence-corrected chi connectivity index (χ2v) is 5.14. The van der Waals surface area contributed by atoms with Crippen molar-refractivity contribution in [3.05, 3.63) is 53.1 Å². The van der Waals surface area contributed by atoms with Gasteiger partial charge >= 0.3 is 0 Å². The Bertz CT molecular complexity index is 734. The monoisotopic (exact) mass is 348 g/mol. The van der Waals surface area contributed by atoms with Gasteiger partial charge in [0.2, 0.25) is 0 Å². The average molecular weight is 349 g/mol. The topological polar surface area (TPSA) is 80.2 Å². The molecule has 0 atom stereocenters. The standard InChI is InChI=1S/C17H17ClN2O4/c1-2-23-16-8-12(6-7-15(16)21)10-19-20-17(22)11-24-14-5-3-4-13(18)9-14/h3-10,21H,2,11H2,1H3,(H,20,22)/b19-10-. The van der Waals surface area contributed by atoms with Gasteiger partial charge in [-0.25, -0.2) is 5.43 Å². The van der Waals surface area contributed by atoms with Crippen LogP contribution in [0.15, 0.2) is 47.6 Å². The molecule has 0 heterocycles. The van der Waals surface area contributed by atoms with E-state index in [1.165, 1.54) is 12.3 Å². The van der Waals surface area contributed by atoms with Crippen molar-refractivity contribution in [2.45, 2.75) is 6.92 Å². The van der Waals surface area contributed by atoms with E-state index in [0.29, 0.717) is 28.7 Å². The summed E-state index contributed by atoms with van der Waals surface area (Å²) in [5.41, 5.74) is 3.02. The molecule has 7 heteroatoms. The molecule has 126 valence electrons. The number of carbonyl (C=O) groups excluding carboxylic acids is 1. The second kappa shape index (κ2) is 8.79. The fourth-order valence-corrected chi connectivity index (χ4v) is 1.98. The zero-order chi connectivity index (χ0) is 17.4. The number of phenolic OH excluding ortho intramolecular Hbond substituents is 1. The van der Waals surface area contributed by atoms with E-state index in [0.717, 1.165) is 0 Å². The third kappa shape index (κ3) is 5.48.